The zero-order valence-electron chi connectivity index (χ0n) is 62.8. The summed E-state index contributed by atoms with van der Waals surface area (Å²) in [5.74, 6) is 1.65. The molecule has 0 saturated heterocycles. The van der Waals surface area contributed by atoms with Gasteiger partial charge in [-0.25, -0.2) is 0 Å². The lowest BCUT2D eigenvalue weighted by atomic mass is 9.34. The van der Waals surface area contributed by atoms with Gasteiger partial charge in [0.05, 0.1) is 16.7 Å². The van der Waals surface area contributed by atoms with Crippen LogP contribution in [-0.2, 0) is 5.41 Å². The molecule has 530 valence electrons. The van der Waals surface area contributed by atoms with Gasteiger partial charge in [0.2, 0.25) is 0 Å². The number of nitrogens with zero attached hydrogens (tertiary/aromatic N) is 2. The van der Waals surface area contributed by atoms with Crippen molar-refractivity contribution in [1.82, 2.24) is 4.57 Å². The van der Waals surface area contributed by atoms with Gasteiger partial charge in [-0.3, -0.25) is 0 Å². The fraction of sp³-hybridized carbons (Fsp3) is 0.0377. The Morgan fingerprint density at radius 3 is 1.12 bits per heavy atom. The molecule has 18 aromatic rings. The molecule has 0 radical (unpaired) electrons. The van der Waals surface area contributed by atoms with E-state index in [1.54, 1.807) is 0 Å². The molecule has 0 bridgehead atoms. The van der Waals surface area contributed by atoms with E-state index in [4.69, 9.17) is 4.74 Å². The van der Waals surface area contributed by atoms with Gasteiger partial charge in [-0.2, -0.15) is 0 Å². The van der Waals surface area contributed by atoms with Crippen molar-refractivity contribution in [3.05, 3.63) is 430 Å². The number of rotatable bonds is 15. The first-order valence-electron chi connectivity index (χ1n) is 39.1. The molecule has 0 fully saturated rings. The van der Waals surface area contributed by atoms with E-state index in [2.05, 4.69) is 455 Å². The molecule has 0 N–H and O–H groups in total. The third kappa shape index (κ3) is 11.4. The number of fused-ring (bicyclic) bond motifs is 7. The third-order valence-electron chi connectivity index (χ3n) is 23.7. The SMILES string of the molecule is CC(C)(C)c1ccc2c(c1)N(c1c(-c3ccccc3)cccc1-c1ccccc1)c1cc(-c3cc([Si](c4ccccc4)(c4ccccc4)c4cccc(-c5ccccc5)c4)cc([Si](c4ccccc4)(c4ccccc4)c4cccc(-c5ccccc5)c4)c3)cc3c1B2c1ccc(-n2c4ccccc4c4ccccc42)cc1O3. The predicted molar refractivity (Wildman–Crippen MR) is 480 cm³/mol. The molecular formula is C106H79BN2OSi2. The highest BCUT2D eigenvalue weighted by atomic mass is 28.3. The minimum atomic E-state index is -3.52. The van der Waals surface area contributed by atoms with Crippen molar-refractivity contribution in [1.29, 1.82) is 0 Å². The second kappa shape index (κ2) is 27.9. The van der Waals surface area contributed by atoms with Crippen LogP contribution in [0.1, 0.15) is 26.3 Å². The van der Waals surface area contributed by atoms with Gasteiger partial charge in [0.15, 0.2) is 16.1 Å². The van der Waals surface area contributed by atoms with Crippen molar-refractivity contribution in [2.45, 2.75) is 26.2 Å². The van der Waals surface area contributed by atoms with Gasteiger partial charge >= 0.3 is 0 Å². The Labute approximate surface area is 658 Å². The van der Waals surface area contributed by atoms with E-state index in [0.29, 0.717) is 0 Å². The lowest BCUT2D eigenvalue weighted by Crippen LogP contribution is -2.78. The summed E-state index contributed by atoms with van der Waals surface area (Å²) < 4.78 is 10.5. The third-order valence-corrected chi connectivity index (χ3v) is 33.1. The molecule has 0 amide bonds. The maximum Gasteiger partial charge on any atom is 0.256 e. The van der Waals surface area contributed by atoms with Gasteiger partial charge in [0.1, 0.15) is 11.5 Å². The number of hydrogen-bond acceptors (Lipinski definition) is 2. The molecule has 0 aliphatic carbocycles. The van der Waals surface area contributed by atoms with Crippen LogP contribution in [0.5, 0.6) is 11.5 Å². The summed E-state index contributed by atoms with van der Waals surface area (Å²) in [6, 6.07) is 161. The van der Waals surface area contributed by atoms with Gasteiger partial charge in [0.25, 0.3) is 6.71 Å². The molecule has 2 aliphatic rings. The smallest absolute Gasteiger partial charge is 0.256 e. The van der Waals surface area contributed by atoms with Crippen LogP contribution in [0.25, 0.3) is 83.1 Å². The first kappa shape index (κ1) is 68.0. The molecule has 0 saturated carbocycles. The van der Waals surface area contributed by atoms with Gasteiger partial charge < -0.3 is 14.2 Å². The molecule has 1 aromatic heterocycles. The number of benzene rings is 17. The molecule has 2 aliphatic heterocycles. The van der Waals surface area contributed by atoms with E-state index in [9.17, 15) is 0 Å². The monoisotopic (exact) mass is 1460 g/mol. The van der Waals surface area contributed by atoms with Crippen molar-refractivity contribution < 1.29 is 4.74 Å². The zero-order chi connectivity index (χ0) is 74.9. The van der Waals surface area contributed by atoms with E-state index in [-0.39, 0.29) is 12.1 Å². The number of aromatic nitrogens is 1. The lowest BCUT2D eigenvalue weighted by Gasteiger charge is -2.42. The normalized spacial score (nSPS) is 12.5. The number of anilines is 3. The Balaban J connectivity index is 0.951. The number of hydrogen-bond donors (Lipinski definition) is 0. The average Bonchev–Trinajstić information content (AvgIpc) is 0.771. The molecular weight excluding hydrogens is 1380 g/mol. The Hall–Kier alpha value is -13.4. The second-order valence-electron chi connectivity index (χ2n) is 31.0. The van der Waals surface area contributed by atoms with Gasteiger partial charge in [-0.15, -0.1) is 0 Å². The molecule has 3 nitrogen and oxygen atoms in total. The van der Waals surface area contributed by atoms with E-state index in [0.717, 1.165) is 89.6 Å². The fourth-order valence-electron chi connectivity index (χ4n) is 18.5. The summed E-state index contributed by atoms with van der Waals surface area (Å²) in [4.78, 5) is 2.66. The highest BCUT2D eigenvalue weighted by molar-refractivity contribution is 7.22. The molecule has 112 heavy (non-hydrogen) atoms. The summed E-state index contributed by atoms with van der Waals surface area (Å²) in [5, 5.41) is 12.7. The van der Waals surface area contributed by atoms with E-state index >= 15 is 0 Å². The first-order valence-corrected chi connectivity index (χ1v) is 43.1. The molecule has 0 spiro atoms. The topological polar surface area (TPSA) is 17.4 Å². The number of ether oxygens (including phenoxy) is 1. The molecule has 6 heteroatoms. The number of para-hydroxylation sites is 3. The van der Waals surface area contributed by atoms with Crippen molar-refractivity contribution >= 4 is 120 Å². The largest absolute Gasteiger partial charge is 0.458 e. The highest BCUT2D eigenvalue weighted by Crippen LogP contribution is 2.51. The summed E-state index contributed by atoms with van der Waals surface area (Å²) in [5.41, 5.74) is 22.5. The minimum absolute atomic E-state index is 0.208. The van der Waals surface area contributed by atoms with Crippen molar-refractivity contribution in [3.63, 3.8) is 0 Å². The summed E-state index contributed by atoms with van der Waals surface area (Å²) in [6.45, 7) is 6.81. The molecule has 20 rings (SSSR count). The molecule has 0 atom stereocenters. The first-order chi connectivity index (χ1) is 55.2. The molecule has 0 unspecified atom stereocenters. The Bertz CT molecular complexity index is 6190. The van der Waals surface area contributed by atoms with Gasteiger partial charge in [-0.1, -0.05) is 403 Å². The van der Waals surface area contributed by atoms with Crippen molar-refractivity contribution in [2.24, 2.45) is 0 Å². The van der Waals surface area contributed by atoms with Crippen LogP contribution in [0, 0.1) is 0 Å². The van der Waals surface area contributed by atoms with Crippen LogP contribution in [0.4, 0.5) is 17.1 Å². The average molecular weight is 1460 g/mol. The predicted octanol–water partition coefficient (Wildman–Crippen LogP) is 19.6. The highest BCUT2D eigenvalue weighted by Gasteiger charge is 2.48. The van der Waals surface area contributed by atoms with Crippen molar-refractivity contribution in [3.8, 4) is 72.8 Å². The van der Waals surface area contributed by atoms with E-state index in [1.807, 2.05) is 0 Å². The summed E-state index contributed by atoms with van der Waals surface area (Å²) >= 11 is 0. The second-order valence-corrected chi connectivity index (χ2v) is 38.6. The van der Waals surface area contributed by atoms with Crippen LogP contribution < -0.4 is 67.5 Å². The van der Waals surface area contributed by atoms with Crippen molar-refractivity contribution in [2.75, 3.05) is 4.90 Å². The van der Waals surface area contributed by atoms with Crippen LogP contribution in [0.3, 0.4) is 0 Å². The maximum absolute atomic E-state index is 8.05. The Kier molecular flexibility index (Phi) is 17.0. The van der Waals surface area contributed by atoms with Crippen LogP contribution in [0.15, 0.2) is 425 Å². The maximum atomic E-state index is 8.05. The fourth-order valence-corrected chi connectivity index (χ4v) is 28.4. The molecule has 17 aromatic carbocycles. The lowest BCUT2D eigenvalue weighted by molar-refractivity contribution is 0.487. The summed E-state index contributed by atoms with van der Waals surface area (Å²) in [7, 11) is -7.05. The van der Waals surface area contributed by atoms with Gasteiger partial charge in [-0.05, 0) is 150 Å². The Morgan fingerprint density at radius 1 is 0.268 bits per heavy atom. The van der Waals surface area contributed by atoms with Gasteiger partial charge in [0, 0.05) is 45.0 Å². The van der Waals surface area contributed by atoms with Crippen LogP contribution >= 0.6 is 0 Å². The van der Waals surface area contributed by atoms with Crippen LogP contribution in [-0.4, -0.2) is 27.4 Å². The quantitative estimate of drug-likeness (QED) is 0.0752. The standard InChI is InChI=1S/C106H79BN2OSi2/c1-106(2,3)82-61-63-96-100(71-82)109(105-92(76-39-16-6-17-40-76)57-34-58-93(105)77-41-18-7-19-42-77)101-69-81(70-103-104(101)107(96)97-64-62-83(72-102(97)110-103)108-98-59-30-28-55-94(98)95-56-29-31-60-99(95)108)80-67-90(111(84-45-20-8-21-46-84,85-47-22-9-23-48-85)88-53-32-43-78(65-88)74-35-12-4-13-36-74)73-91(68-80)112(86-49-24-10-25-50-86,87-51-26-11-27-52-87)89-54-33-44-79(66-89)75-37-14-5-15-38-75/h4-73H,1-3H3. The minimum Gasteiger partial charge on any atom is -0.458 e. The Morgan fingerprint density at radius 2 is 0.652 bits per heavy atom. The zero-order valence-corrected chi connectivity index (χ0v) is 64.8. The van der Waals surface area contributed by atoms with Crippen LogP contribution in [0.2, 0.25) is 0 Å². The van der Waals surface area contributed by atoms with E-state index < -0.39 is 16.1 Å². The summed E-state index contributed by atoms with van der Waals surface area (Å²) in [6.07, 6.45) is 0. The molecule has 3 heterocycles. The van der Waals surface area contributed by atoms with E-state index in [1.165, 1.54) is 85.5 Å².